The second-order valence-electron chi connectivity index (χ2n) is 8.11. The van der Waals surface area contributed by atoms with Gasteiger partial charge in [0.05, 0.1) is 24.4 Å². The van der Waals surface area contributed by atoms with E-state index in [-0.39, 0.29) is 17.9 Å². The fourth-order valence-electron chi connectivity index (χ4n) is 4.39. The zero-order valence-electron chi connectivity index (χ0n) is 17.8. The number of aromatic nitrogens is 1. The number of carbonyl (C=O) groups excluding carboxylic acids is 2. The van der Waals surface area contributed by atoms with E-state index in [9.17, 15) is 14.7 Å². The molecule has 1 aliphatic rings. The minimum absolute atomic E-state index is 0.0833. The number of furan rings is 1. The Morgan fingerprint density at radius 3 is 2.69 bits per heavy atom. The Bertz CT molecular complexity index is 1380. The third-order valence-electron chi connectivity index (χ3n) is 6.01. The molecule has 0 aliphatic carbocycles. The molecule has 6 heteroatoms. The number of nitrogens with zero attached hydrogens (tertiary/aromatic N) is 1. The van der Waals surface area contributed by atoms with Gasteiger partial charge in [0.25, 0.3) is 11.7 Å². The van der Waals surface area contributed by atoms with E-state index in [1.54, 1.807) is 18.3 Å². The van der Waals surface area contributed by atoms with Crippen molar-refractivity contribution < 1.29 is 19.1 Å². The molecular weight excluding hydrogens is 404 g/mol. The predicted octanol–water partition coefficient (Wildman–Crippen LogP) is 5.00. The monoisotopic (exact) mass is 426 g/mol. The smallest absolute Gasteiger partial charge is 0.296 e. The fourth-order valence-corrected chi connectivity index (χ4v) is 4.39. The van der Waals surface area contributed by atoms with Crippen molar-refractivity contribution >= 4 is 28.4 Å². The van der Waals surface area contributed by atoms with Gasteiger partial charge in [0, 0.05) is 28.2 Å². The van der Waals surface area contributed by atoms with Crippen molar-refractivity contribution in [1.82, 2.24) is 9.88 Å². The van der Waals surface area contributed by atoms with Crippen molar-refractivity contribution in [3.05, 3.63) is 101 Å². The number of amides is 1. The quantitative estimate of drug-likeness (QED) is 0.273. The fraction of sp³-hybridized carbons (Fsp3) is 0.154. The summed E-state index contributed by atoms with van der Waals surface area (Å²) >= 11 is 0. The third kappa shape index (κ3) is 3.12. The van der Waals surface area contributed by atoms with Crippen LogP contribution in [0.3, 0.4) is 0 Å². The number of aliphatic hydroxyl groups is 1. The molecule has 0 spiro atoms. The average Bonchev–Trinajstić information content (AvgIpc) is 3.51. The molecule has 5 rings (SSSR count). The molecule has 0 bridgehead atoms. The molecule has 2 aromatic heterocycles. The zero-order chi connectivity index (χ0) is 22.4. The standard InChI is InChI=1S/C26H22N2O4/c1-15-9-10-16(2)19(12-15)24(29)22-23(20-13-27-21-8-4-3-7-18(20)21)28(26(31)25(22)30)14-17-6-5-11-32-17/h3-13,23,27,29H,14H2,1-2H3/b24-22+. The molecule has 2 N–H and O–H groups in total. The molecule has 1 unspecified atom stereocenters. The van der Waals surface area contributed by atoms with Crippen LogP contribution < -0.4 is 0 Å². The summed E-state index contributed by atoms with van der Waals surface area (Å²) in [5.41, 5.74) is 4.04. The average molecular weight is 426 g/mol. The molecule has 2 aromatic carbocycles. The minimum Gasteiger partial charge on any atom is -0.507 e. The lowest BCUT2D eigenvalue weighted by Crippen LogP contribution is -2.29. The van der Waals surface area contributed by atoms with Crippen LogP contribution in [0.2, 0.25) is 0 Å². The molecule has 32 heavy (non-hydrogen) atoms. The number of benzene rings is 2. The first kappa shape index (κ1) is 19.9. The molecule has 1 amide bonds. The molecule has 1 saturated heterocycles. The summed E-state index contributed by atoms with van der Waals surface area (Å²) in [5, 5.41) is 12.2. The Labute approximate surface area is 184 Å². The van der Waals surface area contributed by atoms with Gasteiger partial charge in [0.15, 0.2) is 0 Å². The van der Waals surface area contributed by atoms with Crippen LogP contribution in [0.1, 0.15) is 34.1 Å². The number of nitrogens with one attached hydrogen (secondary N) is 1. The first-order valence-corrected chi connectivity index (χ1v) is 10.4. The number of aromatic amines is 1. The second kappa shape index (κ2) is 7.57. The number of likely N-dealkylation sites (tertiary alicyclic amines) is 1. The lowest BCUT2D eigenvalue weighted by molar-refractivity contribution is -0.140. The van der Waals surface area contributed by atoms with Crippen molar-refractivity contribution in [2.24, 2.45) is 0 Å². The number of aryl methyl sites for hydroxylation is 2. The molecule has 1 atom stereocenters. The van der Waals surface area contributed by atoms with Crippen molar-refractivity contribution in [2.45, 2.75) is 26.4 Å². The lowest BCUT2D eigenvalue weighted by atomic mass is 9.93. The molecule has 6 nitrogen and oxygen atoms in total. The summed E-state index contributed by atoms with van der Waals surface area (Å²) in [6, 6.07) is 16.1. The highest BCUT2D eigenvalue weighted by Gasteiger charge is 2.47. The topological polar surface area (TPSA) is 86.5 Å². The van der Waals surface area contributed by atoms with Gasteiger partial charge >= 0.3 is 0 Å². The summed E-state index contributed by atoms with van der Waals surface area (Å²) in [5.74, 6) is -0.973. The number of para-hydroxylation sites is 1. The van der Waals surface area contributed by atoms with Crippen LogP contribution in [0.15, 0.2) is 77.0 Å². The van der Waals surface area contributed by atoms with E-state index in [1.807, 2.05) is 56.3 Å². The van der Waals surface area contributed by atoms with Gasteiger partial charge in [-0.05, 0) is 43.7 Å². The molecule has 1 aliphatic heterocycles. The largest absolute Gasteiger partial charge is 0.507 e. The SMILES string of the molecule is Cc1ccc(C)c(/C(O)=C2\C(=O)C(=O)N(Cc3ccco3)C2c2c[nH]c3ccccc23)c1. The number of Topliss-reactive ketones (excluding diaryl/α,β-unsaturated/α-hetero) is 1. The second-order valence-corrected chi connectivity index (χ2v) is 8.11. The summed E-state index contributed by atoms with van der Waals surface area (Å²) in [6.07, 6.45) is 3.33. The lowest BCUT2D eigenvalue weighted by Gasteiger charge is -2.24. The highest BCUT2D eigenvalue weighted by atomic mass is 16.3. The zero-order valence-corrected chi connectivity index (χ0v) is 17.8. The number of hydrogen-bond acceptors (Lipinski definition) is 4. The van der Waals surface area contributed by atoms with Gasteiger partial charge in [-0.15, -0.1) is 0 Å². The molecule has 4 aromatic rings. The summed E-state index contributed by atoms with van der Waals surface area (Å²) in [4.78, 5) is 31.1. The first-order valence-electron chi connectivity index (χ1n) is 10.4. The molecule has 1 fully saturated rings. The molecule has 160 valence electrons. The summed E-state index contributed by atoms with van der Waals surface area (Å²) < 4.78 is 5.46. The van der Waals surface area contributed by atoms with E-state index < -0.39 is 17.7 Å². The Balaban J connectivity index is 1.75. The predicted molar refractivity (Wildman–Crippen MR) is 121 cm³/mol. The number of aliphatic hydroxyl groups excluding tert-OH is 1. The Hall–Kier alpha value is -4.06. The maximum Gasteiger partial charge on any atom is 0.296 e. The van der Waals surface area contributed by atoms with Gasteiger partial charge in [-0.25, -0.2) is 0 Å². The van der Waals surface area contributed by atoms with E-state index in [4.69, 9.17) is 4.42 Å². The molecule has 0 saturated carbocycles. The van der Waals surface area contributed by atoms with Crippen molar-refractivity contribution in [3.63, 3.8) is 0 Å². The van der Waals surface area contributed by atoms with Crippen LogP contribution in [-0.2, 0) is 16.1 Å². The normalized spacial score (nSPS) is 18.1. The van der Waals surface area contributed by atoms with Gasteiger partial charge in [-0.1, -0.05) is 35.9 Å². The maximum atomic E-state index is 13.2. The van der Waals surface area contributed by atoms with E-state index in [0.717, 1.165) is 27.6 Å². The Morgan fingerprint density at radius 2 is 1.91 bits per heavy atom. The molecule has 0 radical (unpaired) electrons. The number of rotatable bonds is 4. The number of carbonyl (C=O) groups is 2. The van der Waals surface area contributed by atoms with Crippen LogP contribution in [-0.4, -0.2) is 26.7 Å². The number of fused-ring (bicyclic) bond motifs is 1. The maximum absolute atomic E-state index is 13.2. The Kier molecular flexibility index (Phi) is 4.70. The van der Waals surface area contributed by atoms with Gasteiger partial charge in [0.2, 0.25) is 0 Å². The number of ketones is 1. The number of H-pyrrole nitrogens is 1. The van der Waals surface area contributed by atoms with Gasteiger partial charge in [0.1, 0.15) is 11.5 Å². The van der Waals surface area contributed by atoms with Crippen LogP contribution in [0.4, 0.5) is 0 Å². The van der Waals surface area contributed by atoms with Crippen molar-refractivity contribution in [1.29, 1.82) is 0 Å². The van der Waals surface area contributed by atoms with Gasteiger partial charge in [-0.2, -0.15) is 0 Å². The minimum atomic E-state index is -0.754. The van der Waals surface area contributed by atoms with E-state index in [0.29, 0.717) is 11.3 Å². The van der Waals surface area contributed by atoms with Crippen LogP contribution in [0, 0.1) is 13.8 Å². The molecule has 3 heterocycles. The highest BCUT2D eigenvalue weighted by Crippen LogP contribution is 2.43. The summed E-state index contributed by atoms with van der Waals surface area (Å²) in [6.45, 7) is 3.91. The van der Waals surface area contributed by atoms with Crippen LogP contribution >= 0.6 is 0 Å². The van der Waals surface area contributed by atoms with Gasteiger partial charge < -0.3 is 19.4 Å². The van der Waals surface area contributed by atoms with E-state index >= 15 is 0 Å². The van der Waals surface area contributed by atoms with E-state index in [2.05, 4.69) is 4.98 Å². The van der Waals surface area contributed by atoms with Crippen LogP contribution in [0.5, 0.6) is 0 Å². The molecular formula is C26H22N2O4. The van der Waals surface area contributed by atoms with Crippen LogP contribution in [0.25, 0.3) is 16.7 Å². The number of hydrogen-bond donors (Lipinski definition) is 2. The third-order valence-corrected chi connectivity index (χ3v) is 6.01. The Morgan fingerprint density at radius 1 is 1.09 bits per heavy atom. The summed E-state index contributed by atoms with van der Waals surface area (Å²) in [7, 11) is 0. The van der Waals surface area contributed by atoms with Crippen molar-refractivity contribution in [3.8, 4) is 0 Å². The van der Waals surface area contributed by atoms with Gasteiger partial charge in [-0.3, -0.25) is 9.59 Å². The first-order chi connectivity index (χ1) is 15.5. The van der Waals surface area contributed by atoms with Crippen molar-refractivity contribution in [2.75, 3.05) is 0 Å². The highest BCUT2D eigenvalue weighted by molar-refractivity contribution is 6.46. The van der Waals surface area contributed by atoms with E-state index in [1.165, 1.54) is 11.2 Å².